The molecule has 1 aromatic carbocycles. The summed E-state index contributed by atoms with van der Waals surface area (Å²) in [5, 5.41) is 0. The first kappa shape index (κ1) is 18.0. The van der Waals surface area contributed by atoms with Gasteiger partial charge in [-0.05, 0) is 35.2 Å². The van der Waals surface area contributed by atoms with Crippen LogP contribution in [0.2, 0.25) is 0 Å². The first-order valence-corrected chi connectivity index (χ1v) is 10.1. The highest BCUT2D eigenvalue weighted by molar-refractivity contribution is 7.89. The molecule has 6 heteroatoms. The van der Waals surface area contributed by atoms with E-state index in [9.17, 15) is 8.42 Å². The minimum absolute atomic E-state index is 0.387. The number of pyridine rings is 1. The van der Waals surface area contributed by atoms with Crippen molar-refractivity contribution in [2.45, 2.75) is 31.2 Å². The van der Waals surface area contributed by atoms with Crippen molar-refractivity contribution < 1.29 is 8.42 Å². The number of piperazine rings is 1. The maximum absolute atomic E-state index is 12.8. The maximum atomic E-state index is 12.8. The molecule has 2 heterocycles. The van der Waals surface area contributed by atoms with Crippen molar-refractivity contribution in [3.63, 3.8) is 0 Å². The van der Waals surface area contributed by atoms with Crippen molar-refractivity contribution in [3.05, 3.63) is 59.9 Å². The number of hydrogen-bond donors (Lipinski definition) is 0. The molecule has 25 heavy (non-hydrogen) atoms. The molecule has 2 aromatic rings. The third kappa shape index (κ3) is 4.26. The van der Waals surface area contributed by atoms with Crippen LogP contribution < -0.4 is 0 Å². The lowest BCUT2D eigenvalue weighted by atomic mass is 10.0. The highest BCUT2D eigenvalue weighted by atomic mass is 32.2. The number of rotatable bonds is 5. The normalized spacial score (nSPS) is 17.1. The highest BCUT2D eigenvalue weighted by Crippen LogP contribution is 2.21. The SMILES string of the molecule is CC(C)c1ccc(S(=O)(=O)N2CCN(Cc3cccnc3)CC2)cc1. The van der Waals surface area contributed by atoms with E-state index in [1.165, 1.54) is 0 Å². The number of sulfonamides is 1. The van der Waals surface area contributed by atoms with E-state index < -0.39 is 10.0 Å². The van der Waals surface area contributed by atoms with E-state index in [1.54, 1.807) is 22.6 Å². The zero-order chi connectivity index (χ0) is 17.9. The van der Waals surface area contributed by atoms with Gasteiger partial charge in [0, 0.05) is 45.1 Å². The first-order chi connectivity index (χ1) is 12.0. The van der Waals surface area contributed by atoms with Gasteiger partial charge in [-0.2, -0.15) is 4.31 Å². The molecular weight excluding hydrogens is 334 g/mol. The Morgan fingerprint density at radius 1 is 1.04 bits per heavy atom. The summed E-state index contributed by atoms with van der Waals surface area (Å²) >= 11 is 0. The van der Waals surface area contributed by atoms with Crippen LogP contribution in [0.1, 0.15) is 30.9 Å². The summed E-state index contributed by atoms with van der Waals surface area (Å²) in [6.45, 7) is 7.53. The first-order valence-electron chi connectivity index (χ1n) is 8.68. The fourth-order valence-electron chi connectivity index (χ4n) is 3.05. The van der Waals surface area contributed by atoms with Crippen LogP contribution in [0.3, 0.4) is 0 Å². The molecular formula is C19H25N3O2S. The molecule has 0 unspecified atom stereocenters. The van der Waals surface area contributed by atoms with Crippen molar-refractivity contribution >= 4 is 10.0 Å². The average molecular weight is 359 g/mol. The van der Waals surface area contributed by atoms with Gasteiger partial charge in [-0.3, -0.25) is 9.88 Å². The Morgan fingerprint density at radius 2 is 1.72 bits per heavy atom. The topological polar surface area (TPSA) is 53.5 Å². The lowest BCUT2D eigenvalue weighted by Gasteiger charge is -2.34. The Balaban J connectivity index is 1.63. The molecule has 0 spiro atoms. The predicted octanol–water partition coefficient (Wildman–Crippen LogP) is 2.71. The van der Waals surface area contributed by atoms with E-state index in [4.69, 9.17) is 0 Å². The van der Waals surface area contributed by atoms with Crippen LogP contribution in [-0.4, -0.2) is 48.8 Å². The molecule has 1 aliphatic heterocycles. The minimum atomic E-state index is -3.41. The van der Waals surface area contributed by atoms with Gasteiger partial charge in [-0.25, -0.2) is 8.42 Å². The fraction of sp³-hybridized carbons (Fsp3) is 0.421. The standard InChI is InChI=1S/C19H25N3O2S/c1-16(2)18-5-7-19(8-6-18)25(23,24)22-12-10-21(11-13-22)15-17-4-3-9-20-14-17/h3-9,14,16H,10-13,15H2,1-2H3. The number of hydrogen-bond acceptors (Lipinski definition) is 4. The van der Waals surface area contributed by atoms with Gasteiger partial charge in [0.25, 0.3) is 0 Å². The largest absolute Gasteiger partial charge is 0.296 e. The van der Waals surface area contributed by atoms with Gasteiger partial charge in [0.1, 0.15) is 0 Å². The van der Waals surface area contributed by atoms with E-state index in [2.05, 4.69) is 23.7 Å². The molecule has 1 fully saturated rings. The Bertz CT molecular complexity index is 781. The van der Waals surface area contributed by atoms with Gasteiger partial charge < -0.3 is 0 Å². The summed E-state index contributed by atoms with van der Waals surface area (Å²) in [6, 6.07) is 11.3. The van der Waals surface area contributed by atoms with Gasteiger partial charge in [0.2, 0.25) is 10.0 Å². The van der Waals surface area contributed by atoms with Gasteiger partial charge in [-0.15, -0.1) is 0 Å². The quantitative estimate of drug-likeness (QED) is 0.824. The van der Waals surface area contributed by atoms with Crippen molar-refractivity contribution in [1.82, 2.24) is 14.2 Å². The van der Waals surface area contributed by atoms with Crippen LogP contribution in [-0.2, 0) is 16.6 Å². The molecule has 0 saturated carbocycles. The fourth-order valence-corrected chi connectivity index (χ4v) is 4.47. The predicted molar refractivity (Wildman–Crippen MR) is 98.8 cm³/mol. The molecule has 3 rings (SSSR count). The number of nitrogens with zero attached hydrogens (tertiary/aromatic N) is 3. The summed E-state index contributed by atoms with van der Waals surface area (Å²) in [5.74, 6) is 0.396. The Labute approximate surface area is 150 Å². The monoisotopic (exact) mass is 359 g/mol. The van der Waals surface area contributed by atoms with E-state index in [-0.39, 0.29) is 0 Å². The Hall–Kier alpha value is -1.76. The summed E-state index contributed by atoms with van der Waals surface area (Å²) < 4.78 is 27.3. The minimum Gasteiger partial charge on any atom is -0.296 e. The lowest BCUT2D eigenvalue weighted by Crippen LogP contribution is -2.48. The van der Waals surface area contributed by atoms with Gasteiger partial charge in [-0.1, -0.05) is 32.0 Å². The van der Waals surface area contributed by atoms with Crippen LogP contribution in [0, 0.1) is 0 Å². The molecule has 5 nitrogen and oxygen atoms in total. The zero-order valence-electron chi connectivity index (χ0n) is 14.8. The molecule has 0 radical (unpaired) electrons. The van der Waals surface area contributed by atoms with Crippen molar-refractivity contribution in [3.8, 4) is 0 Å². The molecule has 1 aromatic heterocycles. The molecule has 0 bridgehead atoms. The summed E-state index contributed by atoms with van der Waals surface area (Å²) in [6.07, 6.45) is 3.62. The number of aromatic nitrogens is 1. The number of benzene rings is 1. The summed E-state index contributed by atoms with van der Waals surface area (Å²) in [4.78, 5) is 6.79. The smallest absolute Gasteiger partial charge is 0.243 e. The second-order valence-electron chi connectivity index (χ2n) is 6.77. The van der Waals surface area contributed by atoms with Gasteiger partial charge in [0.05, 0.1) is 4.90 Å². The van der Waals surface area contributed by atoms with Gasteiger partial charge >= 0.3 is 0 Å². The van der Waals surface area contributed by atoms with Crippen LogP contribution in [0.5, 0.6) is 0 Å². The molecule has 134 valence electrons. The van der Waals surface area contributed by atoms with Crippen molar-refractivity contribution in [2.75, 3.05) is 26.2 Å². The average Bonchev–Trinajstić information content (AvgIpc) is 2.63. The molecule has 0 atom stereocenters. The Morgan fingerprint density at radius 3 is 2.28 bits per heavy atom. The van der Waals surface area contributed by atoms with Gasteiger partial charge in [0.15, 0.2) is 0 Å². The van der Waals surface area contributed by atoms with Crippen LogP contribution in [0.4, 0.5) is 0 Å². The van der Waals surface area contributed by atoms with Crippen LogP contribution in [0.15, 0.2) is 53.7 Å². The van der Waals surface area contributed by atoms with Crippen molar-refractivity contribution in [2.24, 2.45) is 0 Å². The molecule has 0 amide bonds. The third-order valence-corrected chi connectivity index (χ3v) is 6.56. The summed E-state index contributed by atoms with van der Waals surface area (Å²) in [5.41, 5.74) is 2.31. The van der Waals surface area contributed by atoms with Crippen LogP contribution in [0.25, 0.3) is 0 Å². The van der Waals surface area contributed by atoms with E-state index in [0.717, 1.165) is 30.8 Å². The summed E-state index contributed by atoms with van der Waals surface area (Å²) in [7, 11) is -3.41. The maximum Gasteiger partial charge on any atom is 0.243 e. The lowest BCUT2D eigenvalue weighted by molar-refractivity contribution is 0.181. The molecule has 1 saturated heterocycles. The second-order valence-corrected chi connectivity index (χ2v) is 8.70. The molecule has 0 N–H and O–H groups in total. The zero-order valence-corrected chi connectivity index (χ0v) is 15.6. The van der Waals surface area contributed by atoms with E-state index in [1.807, 2.05) is 30.5 Å². The highest BCUT2D eigenvalue weighted by Gasteiger charge is 2.28. The molecule has 1 aliphatic rings. The Kier molecular flexibility index (Phi) is 5.51. The molecule has 0 aliphatic carbocycles. The van der Waals surface area contributed by atoms with Crippen molar-refractivity contribution in [1.29, 1.82) is 0 Å². The second kappa shape index (κ2) is 7.64. The van der Waals surface area contributed by atoms with E-state index >= 15 is 0 Å². The third-order valence-electron chi connectivity index (χ3n) is 4.64. The van der Waals surface area contributed by atoms with Crippen LogP contribution >= 0.6 is 0 Å². The van der Waals surface area contributed by atoms with E-state index in [0.29, 0.717) is 23.9 Å².